The van der Waals surface area contributed by atoms with Crippen LogP contribution in [0.5, 0.6) is 0 Å². The first-order valence-corrected chi connectivity index (χ1v) is 18.6. The van der Waals surface area contributed by atoms with Crippen LogP contribution in [0, 0.1) is 5.92 Å². The lowest BCUT2D eigenvalue weighted by Crippen LogP contribution is -2.59. The molecule has 6 rings (SSSR count). The molecule has 2 unspecified atom stereocenters. The summed E-state index contributed by atoms with van der Waals surface area (Å²) in [6, 6.07) is 59.6. The number of hydrogen-bond acceptors (Lipinski definition) is 4. The molecule has 0 aliphatic carbocycles. The van der Waals surface area contributed by atoms with Crippen molar-refractivity contribution in [2.24, 2.45) is 5.92 Å². The minimum absolute atomic E-state index is 0.295. The Kier molecular flexibility index (Phi) is 11.7. The van der Waals surface area contributed by atoms with Gasteiger partial charge in [0.2, 0.25) is 5.91 Å². The SMILES string of the molecule is CC(C)C(NC(=O)C(CSC(c1ccccc1)(c1ccccc1)c1ccccc1)NC(c1ccccc1)(c1ccccc1)c1ccccc1)C(=O)O. The van der Waals surface area contributed by atoms with Crippen LogP contribution < -0.4 is 10.6 Å². The van der Waals surface area contributed by atoms with Gasteiger partial charge in [0, 0.05) is 5.75 Å². The van der Waals surface area contributed by atoms with Crippen LogP contribution in [0.2, 0.25) is 0 Å². The van der Waals surface area contributed by atoms with Gasteiger partial charge in [-0.25, -0.2) is 4.79 Å². The first kappa shape index (κ1) is 36.4. The highest BCUT2D eigenvalue weighted by Crippen LogP contribution is 2.49. The lowest BCUT2D eigenvalue weighted by Gasteiger charge is -2.41. The zero-order chi connectivity index (χ0) is 36.4. The normalized spacial score (nSPS) is 12.9. The number of carboxylic acids is 1. The van der Waals surface area contributed by atoms with Gasteiger partial charge < -0.3 is 10.4 Å². The first-order valence-electron chi connectivity index (χ1n) is 17.6. The smallest absolute Gasteiger partial charge is 0.326 e. The topological polar surface area (TPSA) is 78.4 Å². The van der Waals surface area contributed by atoms with Crippen molar-refractivity contribution >= 4 is 23.6 Å². The standard InChI is InChI=1S/C46H44N2O3S/c1-34(2)42(44(50)51)47-43(49)41(48-45(35-21-9-3-10-22-35,36-23-11-4-12-24-36)37-25-13-5-14-26-37)33-52-46(38-27-15-6-16-28-38,39-29-17-7-18-30-39)40-31-19-8-20-32-40/h3-32,34,41-42,48H,33H2,1-2H3,(H,47,49)(H,50,51). The molecule has 0 spiro atoms. The van der Waals surface area contributed by atoms with Gasteiger partial charge in [0.05, 0.1) is 16.3 Å². The highest BCUT2D eigenvalue weighted by molar-refractivity contribution is 8.00. The fraction of sp³-hybridized carbons (Fsp3) is 0.174. The van der Waals surface area contributed by atoms with Crippen LogP contribution in [0.1, 0.15) is 47.2 Å². The van der Waals surface area contributed by atoms with Gasteiger partial charge in [0.25, 0.3) is 0 Å². The Bertz CT molecular complexity index is 1820. The summed E-state index contributed by atoms with van der Waals surface area (Å²) in [7, 11) is 0. The summed E-state index contributed by atoms with van der Waals surface area (Å²) in [5, 5.41) is 17.0. The number of carbonyl (C=O) groups excluding carboxylic acids is 1. The van der Waals surface area contributed by atoms with Crippen molar-refractivity contribution in [3.63, 3.8) is 0 Å². The van der Waals surface area contributed by atoms with E-state index in [1.54, 1.807) is 11.8 Å². The number of thioether (sulfide) groups is 1. The second-order valence-electron chi connectivity index (χ2n) is 13.2. The molecule has 0 saturated carbocycles. The Morgan fingerprint density at radius 1 is 0.538 bits per heavy atom. The van der Waals surface area contributed by atoms with Crippen LogP contribution in [0.25, 0.3) is 0 Å². The Morgan fingerprint density at radius 3 is 1.13 bits per heavy atom. The van der Waals surface area contributed by atoms with Gasteiger partial charge in [-0.1, -0.05) is 196 Å². The maximum absolute atomic E-state index is 14.8. The Labute approximate surface area is 311 Å². The quantitative estimate of drug-likeness (QED) is 0.0932. The molecule has 0 bridgehead atoms. The summed E-state index contributed by atoms with van der Waals surface area (Å²) in [6.07, 6.45) is 0. The minimum atomic E-state index is -1.07. The summed E-state index contributed by atoms with van der Waals surface area (Å²) < 4.78 is -0.705. The fourth-order valence-corrected chi connectivity index (χ4v) is 8.56. The van der Waals surface area contributed by atoms with Gasteiger partial charge in [-0.3, -0.25) is 10.1 Å². The van der Waals surface area contributed by atoms with Crippen LogP contribution in [0.15, 0.2) is 182 Å². The van der Waals surface area contributed by atoms with Crippen LogP contribution in [-0.4, -0.2) is 34.8 Å². The van der Waals surface area contributed by atoms with E-state index in [0.717, 1.165) is 33.4 Å². The van der Waals surface area contributed by atoms with Gasteiger partial charge in [0.1, 0.15) is 6.04 Å². The number of nitrogens with one attached hydrogen (secondary N) is 2. The number of hydrogen-bond donors (Lipinski definition) is 3. The molecule has 0 saturated heterocycles. The highest BCUT2D eigenvalue weighted by atomic mass is 32.2. The zero-order valence-corrected chi connectivity index (χ0v) is 30.2. The van der Waals surface area contributed by atoms with Crippen molar-refractivity contribution in [2.45, 2.75) is 36.2 Å². The molecule has 52 heavy (non-hydrogen) atoms. The van der Waals surface area contributed by atoms with E-state index in [4.69, 9.17) is 0 Å². The van der Waals surface area contributed by atoms with E-state index < -0.39 is 28.3 Å². The Balaban J connectivity index is 1.55. The van der Waals surface area contributed by atoms with Gasteiger partial charge in [-0.2, -0.15) is 0 Å². The molecule has 6 aromatic carbocycles. The predicted octanol–water partition coefficient (Wildman–Crippen LogP) is 8.89. The van der Waals surface area contributed by atoms with Gasteiger partial charge >= 0.3 is 5.97 Å². The molecule has 0 aromatic heterocycles. The van der Waals surface area contributed by atoms with Crippen LogP contribution in [0.3, 0.4) is 0 Å². The summed E-state index contributed by atoms with van der Waals surface area (Å²) in [5.74, 6) is -1.48. The molecule has 2 atom stereocenters. The monoisotopic (exact) mass is 704 g/mol. The third kappa shape index (κ3) is 7.59. The van der Waals surface area contributed by atoms with Crippen LogP contribution in [0.4, 0.5) is 0 Å². The molecule has 3 N–H and O–H groups in total. The fourth-order valence-electron chi connectivity index (χ4n) is 7.00. The lowest BCUT2D eigenvalue weighted by atomic mass is 9.76. The minimum Gasteiger partial charge on any atom is -0.480 e. The Hall–Kier alpha value is -5.43. The number of carboxylic acid groups (broad SMARTS) is 1. The van der Waals surface area contributed by atoms with Gasteiger partial charge in [-0.05, 0) is 39.3 Å². The van der Waals surface area contributed by atoms with E-state index in [0.29, 0.717) is 5.75 Å². The average molecular weight is 705 g/mol. The average Bonchev–Trinajstić information content (AvgIpc) is 3.20. The predicted molar refractivity (Wildman–Crippen MR) is 212 cm³/mol. The molecule has 0 radical (unpaired) electrons. The second-order valence-corrected chi connectivity index (χ2v) is 14.4. The van der Waals surface area contributed by atoms with Crippen molar-refractivity contribution in [1.29, 1.82) is 0 Å². The number of rotatable bonds is 15. The molecule has 6 heteroatoms. The largest absolute Gasteiger partial charge is 0.480 e. The van der Waals surface area contributed by atoms with Gasteiger partial charge in [-0.15, -0.1) is 11.8 Å². The van der Waals surface area contributed by atoms with Crippen molar-refractivity contribution in [1.82, 2.24) is 10.6 Å². The third-order valence-corrected chi connectivity index (χ3v) is 11.2. The number of benzene rings is 6. The molecule has 5 nitrogen and oxygen atoms in total. The van der Waals surface area contributed by atoms with Gasteiger partial charge in [0.15, 0.2) is 0 Å². The third-order valence-electron chi connectivity index (χ3n) is 9.57. The molecule has 262 valence electrons. The molecule has 0 aliphatic heterocycles. The van der Waals surface area contributed by atoms with Crippen LogP contribution in [-0.2, 0) is 19.9 Å². The highest BCUT2D eigenvalue weighted by Gasteiger charge is 2.43. The summed E-state index contributed by atoms with van der Waals surface area (Å²) >= 11 is 1.66. The second kappa shape index (κ2) is 16.7. The first-order chi connectivity index (χ1) is 25.4. The van der Waals surface area contributed by atoms with Crippen LogP contribution >= 0.6 is 11.8 Å². The molecule has 1 amide bonds. The Morgan fingerprint density at radius 2 is 0.846 bits per heavy atom. The summed E-state index contributed by atoms with van der Waals surface area (Å²) in [5.41, 5.74) is 5.10. The number of carbonyl (C=O) groups is 2. The summed E-state index contributed by atoms with van der Waals surface area (Å²) in [6.45, 7) is 3.62. The molecule has 0 heterocycles. The van der Waals surface area contributed by atoms with E-state index in [1.165, 1.54) is 0 Å². The van der Waals surface area contributed by atoms with Crippen molar-refractivity contribution < 1.29 is 14.7 Å². The molecule has 0 fully saturated rings. The maximum atomic E-state index is 14.8. The van der Waals surface area contributed by atoms with E-state index in [1.807, 2.05) is 123 Å². The van der Waals surface area contributed by atoms with Crippen molar-refractivity contribution in [2.75, 3.05) is 5.75 Å². The molecule has 6 aromatic rings. The van der Waals surface area contributed by atoms with E-state index in [2.05, 4.69) is 83.4 Å². The van der Waals surface area contributed by atoms with E-state index in [-0.39, 0.29) is 11.8 Å². The van der Waals surface area contributed by atoms with E-state index >= 15 is 0 Å². The zero-order valence-electron chi connectivity index (χ0n) is 29.4. The van der Waals surface area contributed by atoms with E-state index in [9.17, 15) is 14.7 Å². The molecular formula is C46H44N2O3S. The summed E-state index contributed by atoms with van der Waals surface area (Å²) in [4.78, 5) is 27.3. The lowest BCUT2D eigenvalue weighted by molar-refractivity contribution is -0.143. The molecule has 0 aliphatic rings. The number of aliphatic carboxylic acids is 1. The van der Waals surface area contributed by atoms with Crippen molar-refractivity contribution in [3.05, 3.63) is 215 Å². The maximum Gasteiger partial charge on any atom is 0.326 e. The molecular weight excluding hydrogens is 661 g/mol. The number of amides is 1. The van der Waals surface area contributed by atoms with Crippen molar-refractivity contribution in [3.8, 4) is 0 Å².